The van der Waals surface area contributed by atoms with E-state index in [1.807, 2.05) is 44.2 Å². The van der Waals surface area contributed by atoms with Crippen LogP contribution < -0.4 is 4.74 Å². The first-order valence-corrected chi connectivity index (χ1v) is 13.0. The minimum atomic E-state index is -1.19. The van der Waals surface area contributed by atoms with Crippen LogP contribution in [-0.4, -0.2) is 51.6 Å². The third kappa shape index (κ3) is 6.02. The molecule has 5 rings (SSSR count). The van der Waals surface area contributed by atoms with Gasteiger partial charge >= 0.3 is 11.9 Å². The molecule has 0 radical (unpaired) electrons. The predicted molar refractivity (Wildman–Crippen MR) is 143 cm³/mol. The molecule has 1 aromatic heterocycles. The number of tetrazole rings is 1. The highest BCUT2D eigenvalue weighted by molar-refractivity contribution is 5.90. The Labute approximate surface area is 231 Å². The number of carbonyl (C=O) groups excluding carboxylic acids is 2. The lowest BCUT2D eigenvalue weighted by molar-refractivity contribution is -0.252. The Balaban J connectivity index is 1.37. The van der Waals surface area contributed by atoms with Gasteiger partial charge in [-0.3, -0.25) is 0 Å². The van der Waals surface area contributed by atoms with Gasteiger partial charge in [-0.15, -0.1) is 10.2 Å². The van der Waals surface area contributed by atoms with Gasteiger partial charge in [0.2, 0.25) is 12.1 Å². The highest BCUT2D eigenvalue weighted by Crippen LogP contribution is 2.40. The number of benzene rings is 3. The standard InChI is InChI=1S/C30H30N4O6/c1-19-20(2)26(38-28(35)22-10-6-4-7-11-22)30(40-29(36)23-12-8-5-9-13-23)39-25(19)27-31-33-34(32-27)18-21-14-16-24(37-3)17-15-21/h4-17,19-20,25-26,30H,18H2,1-3H3/t19-,20-,25?,26?,30?/m0/s1. The highest BCUT2D eigenvalue weighted by Gasteiger charge is 2.48. The zero-order valence-electron chi connectivity index (χ0n) is 22.4. The monoisotopic (exact) mass is 542 g/mol. The van der Waals surface area contributed by atoms with Gasteiger partial charge in [0.25, 0.3) is 0 Å². The maximum Gasteiger partial charge on any atom is 0.340 e. The normalized spacial score (nSPS) is 22.3. The van der Waals surface area contributed by atoms with Crippen LogP contribution >= 0.6 is 0 Å². The molecule has 0 amide bonds. The van der Waals surface area contributed by atoms with E-state index in [0.29, 0.717) is 23.5 Å². The Morgan fingerprint density at radius 3 is 2.02 bits per heavy atom. The number of ether oxygens (including phenoxy) is 4. The molecule has 1 aliphatic heterocycles. The molecule has 0 bridgehead atoms. The Kier molecular flexibility index (Phi) is 8.16. The second-order valence-corrected chi connectivity index (χ2v) is 9.68. The fraction of sp³-hybridized carbons (Fsp3) is 0.300. The van der Waals surface area contributed by atoms with E-state index >= 15 is 0 Å². The molecule has 0 N–H and O–H groups in total. The van der Waals surface area contributed by atoms with Crippen molar-refractivity contribution in [3.05, 3.63) is 107 Å². The average Bonchev–Trinajstić information content (AvgIpc) is 3.46. The topological polar surface area (TPSA) is 115 Å². The van der Waals surface area contributed by atoms with Crippen LogP contribution in [-0.2, 0) is 20.8 Å². The summed E-state index contributed by atoms with van der Waals surface area (Å²) in [5.74, 6) is -0.485. The number of methoxy groups -OCH3 is 1. The van der Waals surface area contributed by atoms with Crippen LogP contribution in [0.25, 0.3) is 0 Å². The summed E-state index contributed by atoms with van der Waals surface area (Å²) in [5, 5.41) is 13.0. The van der Waals surface area contributed by atoms with Gasteiger partial charge in [-0.25, -0.2) is 9.59 Å². The van der Waals surface area contributed by atoms with Gasteiger partial charge in [-0.2, -0.15) is 4.80 Å². The molecule has 3 aromatic carbocycles. The van der Waals surface area contributed by atoms with E-state index in [-0.39, 0.29) is 11.8 Å². The van der Waals surface area contributed by atoms with Crippen molar-refractivity contribution < 1.29 is 28.5 Å². The van der Waals surface area contributed by atoms with Crippen LogP contribution in [0.15, 0.2) is 84.9 Å². The van der Waals surface area contributed by atoms with Crippen LogP contribution in [0.2, 0.25) is 0 Å². The van der Waals surface area contributed by atoms with Crippen molar-refractivity contribution in [2.75, 3.05) is 7.11 Å². The quantitative estimate of drug-likeness (QED) is 0.297. The van der Waals surface area contributed by atoms with Crippen LogP contribution in [0.4, 0.5) is 0 Å². The van der Waals surface area contributed by atoms with E-state index in [2.05, 4.69) is 15.4 Å². The minimum Gasteiger partial charge on any atom is -0.497 e. The van der Waals surface area contributed by atoms with Crippen LogP contribution in [0.3, 0.4) is 0 Å². The maximum absolute atomic E-state index is 13.0. The summed E-state index contributed by atoms with van der Waals surface area (Å²) in [6.07, 6.45) is -2.70. The molecule has 1 saturated heterocycles. The van der Waals surface area contributed by atoms with Gasteiger partial charge in [0.15, 0.2) is 6.10 Å². The summed E-state index contributed by atoms with van der Waals surface area (Å²) in [7, 11) is 1.62. The molecule has 1 fully saturated rings. The fourth-order valence-electron chi connectivity index (χ4n) is 4.57. The van der Waals surface area contributed by atoms with Gasteiger partial charge in [-0.1, -0.05) is 62.4 Å². The lowest BCUT2D eigenvalue weighted by Crippen LogP contribution is -2.50. The van der Waals surface area contributed by atoms with Gasteiger partial charge < -0.3 is 18.9 Å². The number of hydrogen-bond acceptors (Lipinski definition) is 9. The van der Waals surface area contributed by atoms with E-state index in [0.717, 1.165) is 11.3 Å². The zero-order valence-corrected chi connectivity index (χ0v) is 22.4. The first-order valence-electron chi connectivity index (χ1n) is 13.0. The van der Waals surface area contributed by atoms with Crippen LogP contribution in [0.1, 0.15) is 52.1 Å². The van der Waals surface area contributed by atoms with Crippen molar-refractivity contribution in [3.63, 3.8) is 0 Å². The molecule has 3 unspecified atom stereocenters. The lowest BCUT2D eigenvalue weighted by atomic mass is 9.83. The molecule has 5 atom stereocenters. The second kappa shape index (κ2) is 12.1. The number of aromatic nitrogens is 4. The zero-order chi connectivity index (χ0) is 28.1. The van der Waals surface area contributed by atoms with Crippen LogP contribution in [0, 0.1) is 11.8 Å². The summed E-state index contributed by atoms with van der Waals surface area (Å²) in [6.45, 7) is 4.28. The summed E-state index contributed by atoms with van der Waals surface area (Å²) in [5.41, 5.74) is 1.71. The Morgan fingerprint density at radius 1 is 0.825 bits per heavy atom. The van der Waals surface area contributed by atoms with Crippen molar-refractivity contribution in [3.8, 4) is 5.75 Å². The number of rotatable bonds is 8. The van der Waals surface area contributed by atoms with Crippen molar-refractivity contribution >= 4 is 11.9 Å². The number of carbonyl (C=O) groups is 2. The van der Waals surface area contributed by atoms with Crippen molar-refractivity contribution in [2.24, 2.45) is 11.8 Å². The van der Waals surface area contributed by atoms with Crippen LogP contribution in [0.5, 0.6) is 5.75 Å². The first kappa shape index (κ1) is 27.0. The summed E-state index contributed by atoms with van der Waals surface area (Å²) < 4.78 is 23.2. The molecule has 10 nitrogen and oxygen atoms in total. The first-order chi connectivity index (χ1) is 19.4. The van der Waals surface area contributed by atoms with Crippen molar-refractivity contribution in [1.82, 2.24) is 20.2 Å². The summed E-state index contributed by atoms with van der Waals surface area (Å²) >= 11 is 0. The van der Waals surface area contributed by atoms with Gasteiger partial charge in [0, 0.05) is 5.92 Å². The molecule has 206 valence electrons. The third-order valence-corrected chi connectivity index (χ3v) is 7.07. The highest BCUT2D eigenvalue weighted by atomic mass is 16.7. The number of nitrogens with zero attached hydrogens (tertiary/aromatic N) is 4. The SMILES string of the molecule is COc1ccc(Cn2nnc(C3OC(OC(=O)c4ccccc4)C(OC(=O)c4ccccc4)[C@@H](C)[C@@H]3C)n2)cc1. The van der Waals surface area contributed by atoms with E-state index < -0.39 is 30.4 Å². The van der Waals surface area contributed by atoms with E-state index in [9.17, 15) is 9.59 Å². The molecule has 40 heavy (non-hydrogen) atoms. The fourth-order valence-corrected chi connectivity index (χ4v) is 4.57. The molecule has 10 heteroatoms. The Morgan fingerprint density at radius 2 is 1.43 bits per heavy atom. The smallest absolute Gasteiger partial charge is 0.340 e. The lowest BCUT2D eigenvalue weighted by Gasteiger charge is -2.42. The molecular formula is C30H30N4O6. The van der Waals surface area contributed by atoms with Crippen molar-refractivity contribution in [1.29, 1.82) is 0 Å². The molecule has 0 aliphatic carbocycles. The Bertz CT molecular complexity index is 1430. The van der Waals surface area contributed by atoms with Crippen molar-refractivity contribution in [2.45, 2.75) is 38.9 Å². The third-order valence-electron chi connectivity index (χ3n) is 7.07. The number of esters is 2. The minimum absolute atomic E-state index is 0.195. The predicted octanol–water partition coefficient (Wildman–Crippen LogP) is 4.48. The molecular weight excluding hydrogens is 512 g/mol. The number of hydrogen-bond donors (Lipinski definition) is 0. The Hall–Kier alpha value is -4.57. The van der Waals surface area contributed by atoms with E-state index in [1.165, 1.54) is 4.80 Å². The largest absolute Gasteiger partial charge is 0.497 e. The average molecular weight is 543 g/mol. The van der Waals surface area contributed by atoms with E-state index in [4.69, 9.17) is 18.9 Å². The molecule has 4 aromatic rings. The van der Waals surface area contributed by atoms with E-state index in [1.54, 1.807) is 61.7 Å². The molecule has 1 aliphatic rings. The second-order valence-electron chi connectivity index (χ2n) is 9.68. The molecule has 0 saturated carbocycles. The van der Waals surface area contributed by atoms with Gasteiger partial charge in [-0.05, 0) is 53.1 Å². The van der Waals surface area contributed by atoms with Gasteiger partial charge in [0.05, 0.1) is 24.8 Å². The molecule has 2 heterocycles. The molecule has 0 spiro atoms. The maximum atomic E-state index is 13.0. The summed E-state index contributed by atoms with van der Waals surface area (Å²) in [4.78, 5) is 27.4. The van der Waals surface area contributed by atoms with Gasteiger partial charge in [0.1, 0.15) is 11.9 Å². The summed E-state index contributed by atoms with van der Waals surface area (Å²) in [6, 6.07) is 24.8.